The summed E-state index contributed by atoms with van der Waals surface area (Å²) >= 11 is 0. The highest BCUT2D eigenvalue weighted by atomic mass is 16.2. The van der Waals surface area contributed by atoms with Crippen LogP contribution < -0.4 is 5.32 Å². The molecule has 4 bridgehead atoms. The molecule has 1 unspecified atom stereocenters. The number of hydrogen-bond donors (Lipinski definition) is 1. The predicted molar refractivity (Wildman–Crippen MR) is 113 cm³/mol. The van der Waals surface area contributed by atoms with Gasteiger partial charge in [0.15, 0.2) is 0 Å². The molecule has 4 aliphatic carbocycles. The summed E-state index contributed by atoms with van der Waals surface area (Å²) in [5.74, 6) is 2.73. The van der Waals surface area contributed by atoms with Gasteiger partial charge in [0.25, 0.3) is 0 Å². The van der Waals surface area contributed by atoms with E-state index >= 15 is 0 Å². The van der Waals surface area contributed by atoms with Gasteiger partial charge in [0.05, 0.1) is 6.04 Å². The Kier molecular flexibility index (Phi) is 4.92. The first-order chi connectivity index (χ1) is 14.0. The molecule has 1 atom stereocenters. The van der Waals surface area contributed by atoms with E-state index in [0.29, 0.717) is 13.0 Å². The van der Waals surface area contributed by atoms with Crippen molar-refractivity contribution in [3.05, 3.63) is 35.4 Å². The zero-order valence-electron chi connectivity index (χ0n) is 17.7. The minimum atomic E-state index is -0.115. The Morgan fingerprint density at radius 2 is 1.66 bits per heavy atom. The van der Waals surface area contributed by atoms with Crippen LogP contribution in [-0.2, 0) is 9.59 Å². The van der Waals surface area contributed by atoms with E-state index in [2.05, 4.69) is 36.5 Å². The van der Waals surface area contributed by atoms with Crippen LogP contribution in [0, 0.1) is 30.1 Å². The SMILES string of the molecule is Cc1ccc(C2CCCN2C(=O)CCNC(=O)C23CC4CC(CC(C4)C2)C3)cc1. The van der Waals surface area contributed by atoms with Gasteiger partial charge >= 0.3 is 0 Å². The predicted octanol–water partition coefficient (Wildman–Crippen LogP) is 4.38. The number of carbonyl (C=O) groups is 2. The zero-order chi connectivity index (χ0) is 20.0. The van der Waals surface area contributed by atoms with Gasteiger partial charge in [0.2, 0.25) is 11.8 Å². The highest BCUT2D eigenvalue weighted by Crippen LogP contribution is 2.60. The first kappa shape index (κ1) is 19.1. The molecule has 0 aromatic heterocycles. The first-order valence-corrected chi connectivity index (χ1v) is 11.7. The molecule has 1 saturated heterocycles. The lowest BCUT2D eigenvalue weighted by Gasteiger charge is -2.55. The van der Waals surface area contributed by atoms with E-state index < -0.39 is 0 Å². The molecule has 2 amide bonds. The van der Waals surface area contributed by atoms with Crippen LogP contribution in [0.4, 0.5) is 0 Å². The van der Waals surface area contributed by atoms with Gasteiger partial charge in [-0.05, 0) is 81.6 Å². The number of rotatable bonds is 5. The summed E-state index contributed by atoms with van der Waals surface area (Å²) in [7, 11) is 0. The van der Waals surface area contributed by atoms with E-state index in [9.17, 15) is 9.59 Å². The fourth-order valence-electron chi connectivity index (χ4n) is 7.20. The molecule has 1 N–H and O–H groups in total. The minimum absolute atomic E-state index is 0.115. The van der Waals surface area contributed by atoms with Gasteiger partial charge in [-0.15, -0.1) is 0 Å². The molecule has 0 spiro atoms. The molecule has 1 heterocycles. The smallest absolute Gasteiger partial charge is 0.226 e. The summed E-state index contributed by atoms with van der Waals surface area (Å²) in [5, 5.41) is 3.17. The molecular weight excluding hydrogens is 360 g/mol. The van der Waals surface area contributed by atoms with Crippen molar-refractivity contribution < 1.29 is 9.59 Å². The third kappa shape index (κ3) is 3.60. The van der Waals surface area contributed by atoms with Crippen LogP contribution in [0.15, 0.2) is 24.3 Å². The molecular formula is C25H34N2O2. The van der Waals surface area contributed by atoms with E-state index in [1.54, 1.807) is 0 Å². The van der Waals surface area contributed by atoms with Crippen LogP contribution in [-0.4, -0.2) is 29.8 Å². The lowest BCUT2D eigenvalue weighted by atomic mass is 9.49. The first-order valence-electron chi connectivity index (χ1n) is 11.7. The topological polar surface area (TPSA) is 49.4 Å². The Morgan fingerprint density at radius 3 is 2.28 bits per heavy atom. The largest absolute Gasteiger partial charge is 0.355 e. The molecule has 4 saturated carbocycles. The third-order valence-electron chi connectivity index (χ3n) is 8.18. The van der Waals surface area contributed by atoms with Crippen molar-refractivity contribution >= 4 is 11.8 Å². The maximum atomic E-state index is 13.1. The fraction of sp³-hybridized carbons (Fsp3) is 0.680. The number of aryl methyl sites for hydroxylation is 1. The third-order valence-corrected chi connectivity index (χ3v) is 8.18. The second-order valence-electron chi connectivity index (χ2n) is 10.4. The number of nitrogens with zero attached hydrogens (tertiary/aromatic N) is 1. The Morgan fingerprint density at radius 1 is 1.03 bits per heavy atom. The number of amides is 2. The van der Waals surface area contributed by atoms with Crippen LogP contribution >= 0.6 is 0 Å². The summed E-state index contributed by atoms with van der Waals surface area (Å²) in [6.45, 7) is 3.41. The molecule has 4 heteroatoms. The van der Waals surface area contributed by atoms with E-state index in [-0.39, 0.29) is 23.3 Å². The van der Waals surface area contributed by atoms with Gasteiger partial charge in [0, 0.05) is 24.9 Å². The Bertz CT molecular complexity index is 749. The van der Waals surface area contributed by atoms with E-state index in [4.69, 9.17) is 0 Å². The van der Waals surface area contributed by atoms with Crippen molar-refractivity contribution in [2.75, 3.05) is 13.1 Å². The Balaban J connectivity index is 1.16. The van der Waals surface area contributed by atoms with Gasteiger partial charge < -0.3 is 10.2 Å². The lowest BCUT2D eigenvalue weighted by molar-refractivity contribution is -0.146. The minimum Gasteiger partial charge on any atom is -0.355 e. The summed E-state index contributed by atoms with van der Waals surface area (Å²) in [4.78, 5) is 28.0. The molecule has 29 heavy (non-hydrogen) atoms. The number of hydrogen-bond acceptors (Lipinski definition) is 2. The van der Waals surface area contributed by atoms with Gasteiger partial charge in [-0.2, -0.15) is 0 Å². The molecule has 5 aliphatic rings. The monoisotopic (exact) mass is 394 g/mol. The van der Waals surface area contributed by atoms with Crippen LogP contribution in [0.25, 0.3) is 0 Å². The van der Waals surface area contributed by atoms with Gasteiger partial charge in [0.1, 0.15) is 0 Å². The van der Waals surface area contributed by atoms with E-state index in [0.717, 1.165) is 56.4 Å². The number of nitrogens with one attached hydrogen (secondary N) is 1. The lowest BCUT2D eigenvalue weighted by Crippen LogP contribution is -2.53. The van der Waals surface area contributed by atoms with Crippen LogP contribution in [0.5, 0.6) is 0 Å². The van der Waals surface area contributed by atoms with Gasteiger partial charge in [-0.1, -0.05) is 29.8 Å². The average Bonchev–Trinajstić information content (AvgIpc) is 3.17. The van der Waals surface area contributed by atoms with Gasteiger partial charge in [-0.3, -0.25) is 9.59 Å². The quantitative estimate of drug-likeness (QED) is 0.806. The molecule has 0 radical (unpaired) electrons. The number of likely N-dealkylation sites (tertiary alicyclic amines) is 1. The van der Waals surface area contributed by atoms with Crippen LogP contribution in [0.2, 0.25) is 0 Å². The Hall–Kier alpha value is -1.84. The Labute approximate surface area is 174 Å². The summed E-state index contributed by atoms with van der Waals surface area (Å²) in [6.07, 6.45) is 9.81. The zero-order valence-corrected chi connectivity index (χ0v) is 17.7. The van der Waals surface area contributed by atoms with Crippen molar-refractivity contribution in [3.8, 4) is 0 Å². The number of carbonyl (C=O) groups excluding carboxylic acids is 2. The normalized spacial score (nSPS) is 35.1. The van der Waals surface area contributed by atoms with Crippen molar-refractivity contribution in [1.29, 1.82) is 0 Å². The maximum absolute atomic E-state index is 13.1. The molecule has 1 aromatic carbocycles. The van der Waals surface area contributed by atoms with Crippen LogP contribution in [0.3, 0.4) is 0 Å². The summed E-state index contributed by atoms with van der Waals surface area (Å²) in [5.41, 5.74) is 2.37. The van der Waals surface area contributed by atoms with Crippen molar-refractivity contribution in [2.24, 2.45) is 23.2 Å². The second kappa shape index (κ2) is 7.45. The highest BCUT2D eigenvalue weighted by Gasteiger charge is 2.54. The highest BCUT2D eigenvalue weighted by molar-refractivity contribution is 5.84. The van der Waals surface area contributed by atoms with E-state index in [1.807, 2.05) is 4.90 Å². The second-order valence-corrected chi connectivity index (χ2v) is 10.4. The van der Waals surface area contributed by atoms with E-state index in [1.165, 1.54) is 30.4 Å². The summed E-state index contributed by atoms with van der Waals surface area (Å²) in [6, 6.07) is 8.76. The molecule has 156 valence electrons. The molecule has 1 aromatic rings. The van der Waals surface area contributed by atoms with Crippen molar-refractivity contribution in [2.45, 2.75) is 70.8 Å². The molecule has 4 nitrogen and oxygen atoms in total. The number of benzene rings is 1. The maximum Gasteiger partial charge on any atom is 0.226 e. The van der Waals surface area contributed by atoms with Crippen molar-refractivity contribution in [3.63, 3.8) is 0 Å². The van der Waals surface area contributed by atoms with Crippen molar-refractivity contribution in [1.82, 2.24) is 10.2 Å². The van der Waals surface area contributed by atoms with Gasteiger partial charge in [-0.25, -0.2) is 0 Å². The molecule has 1 aliphatic heterocycles. The average molecular weight is 395 g/mol. The summed E-state index contributed by atoms with van der Waals surface area (Å²) < 4.78 is 0. The standard InChI is InChI=1S/C25H34N2O2/c1-17-4-6-21(7-5-17)22-3-2-10-27(22)23(28)8-9-26-24(29)25-14-18-11-19(15-25)13-20(12-18)16-25/h4-7,18-20,22H,2-3,8-16H2,1H3,(H,26,29). The molecule has 5 fully saturated rings. The van der Waals surface area contributed by atoms with Crippen LogP contribution in [0.1, 0.15) is 75.0 Å². The fourth-order valence-corrected chi connectivity index (χ4v) is 7.20. The molecule has 6 rings (SSSR count).